The molecule has 0 aliphatic carbocycles. The Kier molecular flexibility index (Phi) is 9.48. The highest BCUT2D eigenvalue weighted by Gasteiger charge is 2.17. The maximum absolute atomic E-state index is 12.5. The minimum absolute atomic E-state index is 0.0715. The Balaban J connectivity index is 1.96. The standard InChI is InChI=1S/C20H21BrClN3O4S/c1-2-3-4-5-10-29-18-9-6-13(11-15(18)21)19(26)24-20(30)23-16-8-7-14(22)12-17(16)25(27)28/h6-9,11-12H,2-5,10H2,1H3,(H2,23,24,26,30). The fourth-order valence-electron chi connectivity index (χ4n) is 2.56. The predicted octanol–water partition coefficient (Wildman–Crippen LogP) is 6.10. The molecule has 0 saturated heterocycles. The number of nitrogens with zero attached hydrogens (tertiary/aromatic N) is 1. The second-order valence-electron chi connectivity index (χ2n) is 6.38. The molecule has 0 fully saturated rings. The monoisotopic (exact) mass is 513 g/mol. The number of thiocarbonyl (C=S) groups is 1. The third-order valence-corrected chi connectivity index (χ3v) is 5.14. The molecule has 0 heterocycles. The summed E-state index contributed by atoms with van der Waals surface area (Å²) in [6.07, 6.45) is 4.43. The van der Waals surface area contributed by atoms with Crippen LogP contribution in [0.2, 0.25) is 5.02 Å². The highest BCUT2D eigenvalue weighted by molar-refractivity contribution is 9.10. The molecular weight excluding hydrogens is 494 g/mol. The van der Waals surface area contributed by atoms with E-state index in [1.165, 1.54) is 24.6 Å². The summed E-state index contributed by atoms with van der Waals surface area (Å²) in [5.41, 5.74) is 0.236. The number of nitrogens with one attached hydrogen (secondary N) is 2. The van der Waals surface area contributed by atoms with E-state index in [4.69, 9.17) is 28.6 Å². The number of unbranched alkanes of at least 4 members (excludes halogenated alkanes) is 3. The number of nitro benzene ring substituents is 1. The molecule has 10 heteroatoms. The minimum Gasteiger partial charge on any atom is -0.492 e. The van der Waals surface area contributed by atoms with Gasteiger partial charge in [0.15, 0.2) is 5.11 Å². The number of benzene rings is 2. The van der Waals surface area contributed by atoms with E-state index in [0.717, 1.165) is 19.3 Å². The quantitative estimate of drug-likeness (QED) is 0.182. The van der Waals surface area contributed by atoms with Crippen LogP contribution in [0.25, 0.3) is 0 Å². The van der Waals surface area contributed by atoms with Crippen molar-refractivity contribution >= 4 is 62.1 Å². The topological polar surface area (TPSA) is 93.5 Å². The van der Waals surface area contributed by atoms with Gasteiger partial charge in [-0.25, -0.2) is 0 Å². The SMILES string of the molecule is CCCCCCOc1ccc(C(=O)NC(=S)Nc2ccc(Cl)cc2[N+](=O)[O-])cc1Br. The van der Waals surface area contributed by atoms with Crippen molar-refractivity contribution in [2.24, 2.45) is 0 Å². The third kappa shape index (κ3) is 7.23. The summed E-state index contributed by atoms with van der Waals surface area (Å²) in [4.78, 5) is 23.0. The van der Waals surface area contributed by atoms with Gasteiger partial charge in [0, 0.05) is 16.7 Å². The van der Waals surface area contributed by atoms with E-state index in [2.05, 4.69) is 33.5 Å². The Labute approximate surface area is 193 Å². The van der Waals surface area contributed by atoms with Gasteiger partial charge in [-0.1, -0.05) is 37.8 Å². The van der Waals surface area contributed by atoms with Gasteiger partial charge in [0.25, 0.3) is 11.6 Å². The average molecular weight is 515 g/mol. The van der Waals surface area contributed by atoms with Gasteiger partial charge in [0.05, 0.1) is 16.0 Å². The number of carbonyl (C=O) groups is 1. The minimum atomic E-state index is -0.587. The van der Waals surface area contributed by atoms with Crippen LogP contribution in [-0.4, -0.2) is 22.5 Å². The maximum atomic E-state index is 12.5. The molecule has 0 bridgehead atoms. The highest BCUT2D eigenvalue weighted by atomic mass is 79.9. The van der Waals surface area contributed by atoms with Crippen molar-refractivity contribution in [1.82, 2.24) is 5.32 Å². The van der Waals surface area contributed by atoms with E-state index in [9.17, 15) is 14.9 Å². The molecule has 30 heavy (non-hydrogen) atoms. The molecule has 0 saturated carbocycles. The van der Waals surface area contributed by atoms with Gasteiger partial charge >= 0.3 is 0 Å². The molecule has 0 aliphatic rings. The van der Waals surface area contributed by atoms with E-state index in [-0.39, 0.29) is 21.5 Å². The molecule has 2 N–H and O–H groups in total. The van der Waals surface area contributed by atoms with Crippen LogP contribution in [0.1, 0.15) is 43.0 Å². The molecule has 2 aromatic rings. The number of anilines is 1. The van der Waals surface area contributed by atoms with Crippen molar-refractivity contribution < 1.29 is 14.5 Å². The first-order chi connectivity index (χ1) is 14.3. The van der Waals surface area contributed by atoms with Crippen molar-refractivity contribution in [3.63, 3.8) is 0 Å². The van der Waals surface area contributed by atoms with Gasteiger partial charge in [-0.3, -0.25) is 20.2 Å². The summed E-state index contributed by atoms with van der Waals surface area (Å²) in [6, 6.07) is 9.06. The first-order valence-corrected chi connectivity index (χ1v) is 10.9. The van der Waals surface area contributed by atoms with Gasteiger partial charge in [0.2, 0.25) is 0 Å². The Hall–Kier alpha value is -2.23. The van der Waals surface area contributed by atoms with Crippen molar-refractivity contribution in [2.45, 2.75) is 32.6 Å². The molecule has 0 spiro atoms. The van der Waals surface area contributed by atoms with Gasteiger partial charge in [-0.2, -0.15) is 0 Å². The molecular formula is C20H21BrClN3O4S. The van der Waals surface area contributed by atoms with Crippen LogP contribution in [0.4, 0.5) is 11.4 Å². The molecule has 0 aliphatic heterocycles. The van der Waals surface area contributed by atoms with E-state index < -0.39 is 10.8 Å². The van der Waals surface area contributed by atoms with Crippen molar-refractivity contribution in [2.75, 3.05) is 11.9 Å². The van der Waals surface area contributed by atoms with Crippen LogP contribution in [0.15, 0.2) is 40.9 Å². The molecule has 7 nitrogen and oxygen atoms in total. The highest BCUT2D eigenvalue weighted by Crippen LogP contribution is 2.28. The molecule has 2 rings (SSSR count). The molecule has 0 unspecified atom stereocenters. The second kappa shape index (κ2) is 11.8. The van der Waals surface area contributed by atoms with E-state index in [1.807, 2.05) is 0 Å². The summed E-state index contributed by atoms with van der Waals surface area (Å²) in [5, 5.41) is 16.5. The maximum Gasteiger partial charge on any atom is 0.294 e. The molecule has 2 aromatic carbocycles. The van der Waals surface area contributed by atoms with Gasteiger partial charge in [-0.15, -0.1) is 0 Å². The number of rotatable bonds is 9. The van der Waals surface area contributed by atoms with Gasteiger partial charge in [-0.05, 0) is 64.9 Å². The van der Waals surface area contributed by atoms with Crippen LogP contribution in [0.5, 0.6) is 5.75 Å². The summed E-state index contributed by atoms with van der Waals surface area (Å²) in [7, 11) is 0. The molecule has 0 aromatic heterocycles. The predicted molar refractivity (Wildman–Crippen MR) is 126 cm³/mol. The number of ether oxygens (including phenoxy) is 1. The van der Waals surface area contributed by atoms with E-state index in [0.29, 0.717) is 22.4 Å². The number of hydrogen-bond donors (Lipinski definition) is 2. The Morgan fingerprint density at radius 3 is 2.67 bits per heavy atom. The average Bonchev–Trinajstić information content (AvgIpc) is 2.69. The normalized spacial score (nSPS) is 10.4. The van der Waals surface area contributed by atoms with Crippen LogP contribution in [0.3, 0.4) is 0 Å². The van der Waals surface area contributed by atoms with Crippen molar-refractivity contribution in [3.8, 4) is 5.75 Å². The van der Waals surface area contributed by atoms with Crippen LogP contribution in [-0.2, 0) is 0 Å². The molecule has 0 radical (unpaired) electrons. The summed E-state index contributed by atoms with van der Waals surface area (Å²) in [5.74, 6) is 0.194. The zero-order chi connectivity index (χ0) is 22.1. The number of carbonyl (C=O) groups excluding carboxylic acids is 1. The zero-order valence-electron chi connectivity index (χ0n) is 16.2. The fourth-order valence-corrected chi connectivity index (χ4v) is 3.42. The van der Waals surface area contributed by atoms with Crippen LogP contribution >= 0.6 is 39.7 Å². The lowest BCUT2D eigenvalue weighted by molar-refractivity contribution is -0.383. The van der Waals surface area contributed by atoms with Crippen LogP contribution in [0, 0.1) is 10.1 Å². The van der Waals surface area contributed by atoms with Crippen LogP contribution < -0.4 is 15.4 Å². The number of amides is 1. The Bertz CT molecular complexity index is 942. The molecule has 1 amide bonds. The van der Waals surface area contributed by atoms with Gasteiger partial charge < -0.3 is 10.1 Å². The van der Waals surface area contributed by atoms with E-state index >= 15 is 0 Å². The first-order valence-electron chi connectivity index (χ1n) is 9.30. The van der Waals surface area contributed by atoms with Crippen molar-refractivity contribution in [3.05, 3.63) is 61.6 Å². The summed E-state index contributed by atoms with van der Waals surface area (Å²) < 4.78 is 6.38. The summed E-state index contributed by atoms with van der Waals surface area (Å²) in [6.45, 7) is 2.76. The number of hydrogen-bond acceptors (Lipinski definition) is 5. The number of nitro groups is 1. The Morgan fingerprint density at radius 1 is 1.23 bits per heavy atom. The number of halogens is 2. The third-order valence-electron chi connectivity index (χ3n) is 4.08. The smallest absolute Gasteiger partial charge is 0.294 e. The lowest BCUT2D eigenvalue weighted by atomic mass is 10.2. The Morgan fingerprint density at radius 2 is 2.00 bits per heavy atom. The zero-order valence-corrected chi connectivity index (χ0v) is 19.4. The van der Waals surface area contributed by atoms with Gasteiger partial charge in [0.1, 0.15) is 11.4 Å². The second-order valence-corrected chi connectivity index (χ2v) is 8.08. The molecule has 0 atom stereocenters. The van der Waals surface area contributed by atoms with Crippen molar-refractivity contribution in [1.29, 1.82) is 0 Å². The lowest BCUT2D eigenvalue weighted by Gasteiger charge is -2.12. The molecule has 160 valence electrons. The summed E-state index contributed by atoms with van der Waals surface area (Å²) >= 11 is 14.3. The lowest BCUT2D eigenvalue weighted by Crippen LogP contribution is -2.34. The first kappa shape index (κ1) is 24.0. The largest absolute Gasteiger partial charge is 0.492 e. The van der Waals surface area contributed by atoms with E-state index in [1.54, 1.807) is 18.2 Å². The fraction of sp³-hybridized carbons (Fsp3) is 0.300.